The van der Waals surface area contributed by atoms with Crippen LogP contribution in [0.2, 0.25) is 0 Å². The van der Waals surface area contributed by atoms with Crippen molar-refractivity contribution < 1.29 is 19.1 Å². The van der Waals surface area contributed by atoms with Crippen molar-refractivity contribution in [3.05, 3.63) is 58.1 Å². The van der Waals surface area contributed by atoms with E-state index in [0.717, 1.165) is 34.9 Å². The fourth-order valence-electron chi connectivity index (χ4n) is 4.07. The van der Waals surface area contributed by atoms with Crippen LogP contribution in [0.3, 0.4) is 0 Å². The van der Waals surface area contributed by atoms with E-state index >= 15 is 0 Å². The van der Waals surface area contributed by atoms with E-state index in [1.807, 2.05) is 19.2 Å². The second-order valence-electron chi connectivity index (χ2n) is 8.37. The lowest BCUT2D eigenvalue weighted by atomic mass is 9.90. The quantitative estimate of drug-likeness (QED) is 0.280. The van der Waals surface area contributed by atoms with Crippen LogP contribution in [0.5, 0.6) is 5.75 Å². The van der Waals surface area contributed by atoms with Crippen molar-refractivity contribution in [2.45, 2.75) is 53.4 Å². The Labute approximate surface area is 197 Å². The summed E-state index contributed by atoms with van der Waals surface area (Å²) < 4.78 is 11.2. The number of carbonyl (C=O) groups is 1. The van der Waals surface area contributed by atoms with E-state index in [1.165, 1.54) is 22.3 Å². The van der Waals surface area contributed by atoms with Crippen molar-refractivity contribution in [3.63, 3.8) is 0 Å². The number of aromatic hydroxyl groups is 1. The summed E-state index contributed by atoms with van der Waals surface area (Å²) in [5, 5.41) is 17.8. The highest BCUT2D eigenvalue weighted by Gasteiger charge is 2.19. The first-order valence-corrected chi connectivity index (χ1v) is 12.8. The minimum absolute atomic E-state index is 0.125. The van der Waals surface area contributed by atoms with E-state index in [0.29, 0.717) is 18.3 Å². The lowest BCUT2D eigenvalue weighted by Crippen LogP contribution is -2.28. The van der Waals surface area contributed by atoms with Gasteiger partial charge in [0, 0.05) is 5.39 Å². The molecular weight excluding hydrogens is 435 g/mol. The van der Waals surface area contributed by atoms with Crippen LogP contribution in [0.1, 0.15) is 60.9 Å². The summed E-state index contributed by atoms with van der Waals surface area (Å²) in [5.74, 6) is 0.400. The monoisotopic (exact) mass is 470 g/mol. The third-order valence-corrected chi connectivity index (χ3v) is 7.76. The SMILES string of the molecule is CCOC(=O)CNP(NC)c1cc2c(C)c(Cc3ccc(O)c(C(C)CC)c3)c(C)cc2o1. The first-order valence-electron chi connectivity index (χ1n) is 11.5. The normalized spacial score (nSPS) is 13.3. The Kier molecular flexibility index (Phi) is 8.52. The molecule has 1 heterocycles. The van der Waals surface area contributed by atoms with E-state index < -0.39 is 8.22 Å². The average Bonchev–Trinajstić information content (AvgIpc) is 3.21. The number of ether oxygens (including phenoxy) is 1. The fourth-order valence-corrected chi connectivity index (χ4v) is 5.34. The van der Waals surface area contributed by atoms with Gasteiger partial charge in [0.1, 0.15) is 19.6 Å². The maximum absolute atomic E-state index is 11.7. The molecule has 178 valence electrons. The Morgan fingerprint density at radius 3 is 2.64 bits per heavy atom. The van der Waals surface area contributed by atoms with Crippen LogP contribution in [0.15, 0.2) is 34.7 Å². The zero-order valence-corrected chi connectivity index (χ0v) is 21.3. The van der Waals surface area contributed by atoms with Crippen molar-refractivity contribution in [3.8, 4) is 5.75 Å². The minimum Gasteiger partial charge on any atom is -0.508 e. The molecule has 3 aromatic rings. The Morgan fingerprint density at radius 1 is 1.21 bits per heavy atom. The third kappa shape index (κ3) is 5.75. The van der Waals surface area contributed by atoms with Crippen molar-refractivity contribution in [2.75, 3.05) is 20.2 Å². The predicted octanol–water partition coefficient (Wildman–Crippen LogP) is 5.17. The highest BCUT2D eigenvalue weighted by atomic mass is 31.1. The number of fused-ring (bicyclic) bond motifs is 1. The Hall–Kier alpha value is -2.40. The zero-order chi connectivity index (χ0) is 24.1. The van der Waals surface area contributed by atoms with Crippen LogP contribution in [0.25, 0.3) is 11.0 Å². The summed E-state index contributed by atoms with van der Waals surface area (Å²) in [6, 6.07) is 10.1. The van der Waals surface area contributed by atoms with Gasteiger partial charge in [0.05, 0.1) is 13.2 Å². The lowest BCUT2D eigenvalue weighted by Gasteiger charge is -2.15. The van der Waals surface area contributed by atoms with Gasteiger partial charge < -0.3 is 14.3 Å². The van der Waals surface area contributed by atoms with Crippen LogP contribution in [0, 0.1) is 13.8 Å². The summed E-state index contributed by atoms with van der Waals surface area (Å²) in [6.07, 6.45) is 1.78. The number of phenolic OH excluding ortho intramolecular Hbond substituents is 1. The Morgan fingerprint density at radius 2 is 1.97 bits per heavy atom. The number of esters is 1. The van der Waals surface area contributed by atoms with E-state index in [2.05, 4.69) is 56.1 Å². The second-order valence-corrected chi connectivity index (χ2v) is 10.2. The minimum atomic E-state index is -1.04. The first kappa shape index (κ1) is 25.2. The number of hydrogen-bond donors (Lipinski definition) is 3. The molecule has 0 aliphatic heterocycles. The van der Waals surface area contributed by atoms with Crippen molar-refractivity contribution in [1.82, 2.24) is 10.2 Å². The van der Waals surface area contributed by atoms with Gasteiger partial charge in [-0.05, 0) is 92.6 Å². The zero-order valence-electron chi connectivity index (χ0n) is 20.4. The highest BCUT2D eigenvalue weighted by molar-refractivity contribution is 7.61. The summed E-state index contributed by atoms with van der Waals surface area (Å²) in [5.41, 5.74) is 7.45. The summed E-state index contributed by atoms with van der Waals surface area (Å²) in [6.45, 7) is 10.8. The fraction of sp³-hybridized carbons (Fsp3) is 0.423. The number of rotatable bonds is 10. The lowest BCUT2D eigenvalue weighted by molar-refractivity contribution is -0.141. The highest BCUT2D eigenvalue weighted by Crippen LogP contribution is 2.34. The summed E-state index contributed by atoms with van der Waals surface area (Å²) in [4.78, 5) is 11.7. The van der Waals surface area contributed by atoms with E-state index in [1.54, 1.807) is 6.92 Å². The smallest absolute Gasteiger partial charge is 0.320 e. The molecule has 6 nitrogen and oxygen atoms in total. The third-order valence-electron chi connectivity index (χ3n) is 6.18. The number of hydrogen-bond acceptors (Lipinski definition) is 6. The molecule has 0 radical (unpaired) electrons. The van der Waals surface area contributed by atoms with Crippen LogP contribution in [0.4, 0.5) is 0 Å². The van der Waals surface area contributed by atoms with Crippen molar-refractivity contribution in [2.24, 2.45) is 0 Å². The molecule has 1 aromatic heterocycles. The van der Waals surface area contributed by atoms with Crippen LogP contribution >= 0.6 is 8.22 Å². The van der Waals surface area contributed by atoms with Gasteiger partial charge in [0.15, 0.2) is 5.50 Å². The average molecular weight is 471 g/mol. The van der Waals surface area contributed by atoms with Gasteiger partial charge in [-0.3, -0.25) is 15.0 Å². The maximum atomic E-state index is 11.7. The molecule has 3 rings (SSSR count). The first-order chi connectivity index (χ1) is 15.8. The Bertz CT molecular complexity index is 1130. The molecule has 0 aliphatic rings. The molecule has 0 aliphatic carbocycles. The number of furan rings is 1. The predicted molar refractivity (Wildman–Crippen MR) is 136 cm³/mol. The number of aryl methyl sites for hydroxylation is 2. The largest absolute Gasteiger partial charge is 0.508 e. The van der Waals surface area contributed by atoms with Gasteiger partial charge in [-0.25, -0.2) is 0 Å². The molecule has 0 saturated carbocycles. The summed E-state index contributed by atoms with van der Waals surface area (Å²) in [7, 11) is 0.812. The molecule has 0 saturated heterocycles. The van der Waals surface area contributed by atoms with E-state index in [4.69, 9.17) is 9.15 Å². The van der Waals surface area contributed by atoms with Gasteiger partial charge in [-0.2, -0.15) is 0 Å². The van der Waals surface area contributed by atoms with Gasteiger partial charge in [-0.15, -0.1) is 0 Å². The molecule has 0 fully saturated rings. The molecule has 2 unspecified atom stereocenters. The van der Waals surface area contributed by atoms with Gasteiger partial charge in [0.2, 0.25) is 0 Å². The molecule has 0 spiro atoms. The maximum Gasteiger partial charge on any atom is 0.320 e. The molecule has 0 amide bonds. The van der Waals surface area contributed by atoms with Crippen LogP contribution < -0.4 is 15.7 Å². The topological polar surface area (TPSA) is 83.7 Å². The van der Waals surface area contributed by atoms with E-state index in [-0.39, 0.29) is 12.5 Å². The second kappa shape index (κ2) is 11.1. The van der Waals surface area contributed by atoms with Gasteiger partial charge in [-0.1, -0.05) is 26.0 Å². The van der Waals surface area contributed by atoms with E-state index in [9.17, 15) is 9.90 Å². The van der Waals surface area contributed by atoms with Crippen molar-refractivity contribution in [1.29, 1.82) is 0 Å². The Balaban J connectivity index is 1.90. The van der Waals surface area contributed by atoms with Gasteiger partial charge >= 0.3 is 5.97 Å². The molecular formula is C26H35N2O4P. The van der Waals surface area contributed by atoms with Gasteiger partial charge in [0.25, 0.3) is 0 Å². The molecule has 33 heavy (non-hydrogen) atoms. The van der Waals surface area contributed by atoms with Crippen LogP contribution in [-0.4, -0.2) is 31.3 Å². The molecule has 7 heteroatoms. The van der Waals surface area contributed by atoms with Crippen LogP contribution in [-0.2, 0) is 16.0 Å². The summed E-state index contributed by atoms with van der Waals surface area (Å²) >= 11 is 0. The molecule has 2 atom stereocenters. The molecule has 2 aromatic carbocycles. The molecule has 0 bridgehead atoms. The number of phenols is 1. The molecule has 3 N–H and O–H groups in total. The number of nitrogens with one attached hydrogen (secondary N) is 2. The van der Waals surface area contributed by atoms with Crippen molar-refractivity contribution >= 4 is 30.7 Å². The number of carbonyl (C=O) groups excluding carboxylic acids is 1. The number of benzene rings is 2. The standard InChI is InChI=1S/C26H35N2O4P/c1-7-16(3)21-13-19(9-10-23(21)29)12-20-17(4)11-24-22(18(20)5)14-26(32-24)33(27-6)28-15-25(30)31-8-2/h9-11,13-14,16,27-29H,7-8,12,15H2,1-6H3.